The number of nitrogens with two attached hydrogens (primary N) is 1. The van der Waals surface area contributed by atoms with Crippen molar-refractivity contribution in [2.24, 2.45) is 10.7 Å². The third-order valence-corrected chi connectivity index (χ3v) is 4.97. The molecule has 0 bridgehead atoms. The van der Waals surface area contributed by atoms with E-state index in [1.807, 2.05) is 19.1 Å². The zero-order chi connectivity index (χ0) is 20.6. The average Bonchev–Trinajstić information content (AvgIpc) is 2.66. The maximum atomic E-state index is 13.8. The van der Waals surface area contributed by atoms with Crippen molar-refractivity contribution in [2.45, 2.75) is 31.2 Å². The molecule has 0 spiro atoms. The van der Waals surface area contributed by atoms with Crippen LogP contribution in [0.15, 0.2) is 53.1 Å². The number of aliphatic imine (C=N–C) groups is 1. The number of methoxy groups -OCH3 is 1. The molecule has 1 amide bonds. The summed E-state index contributed by atoms with van der Waals surface area (Å²) in [5.41, 5.74) is 6.80. The fourth-order valence-electron chi connectivity index (χ4n) is 3.48. The summed E-state index contributed by atoms with van der Waals surface area (Å²) in [5, 5.41) is 6.14. The lowest BCUT2D eigenvalue weighted by atomic mass is 9.61. The second kappa shape index (κ2) is 10.0. The predicted molar refractivity (Wildman–Crippen MR) is 110 cm³/mol. The summed E-state index contributed by atoms with van der Waals surface area (Å²) in [6.07, 6.45) is 6.80. The van der Waals surface area contributed by atoms with Crippen LogP contribution in [0.1, 0.15) is 25.3 Å². The summed E-state index contributed by atoms with van der Waals surface area (Å²) in [4.78, 5) is 16.5. The molecule has 0 aromatic heterocycles. The van der Waals surface area contributed by atoms with Crippen LogP contribution in [-0.2, 0) is 14.9 Å². The average molecular weight is 388 g/mol. The Morgan fingerprint density at radius 2 is 2.21 bits per heavy atom. The van der Waals surface area contributed by atoms with Gasteiger partial charge in [0.1, 0.15) is 5.82 Å². The monoisotopic (exact) mass is 388 g/mol. The van der Waals surface area contributed by atoms with Gasteiger partial charge in [0.25, 0.3) is 0 Å². The highest BCUT2D eigenvalue weighted by atomic mass is 19.1. The number of nitrogens with zero attached hydrogens (tertiary/aromatic N) is 1. The molecular formula is C21H29FN4O2. The Kier molecular flexibility index (Phi) is 7.75. The van der Waals surface area contributed by atoms with Crippen molar-refractivity contribution in [3.63, 3.8) is 0 Å². The van der Waals surface area contributed by atoms with Crippen molar-refractivity contribution in [2.75, 3.05) is 27.3 Å². The van der Waals surface area contributed by atoms with Gasteiger partial charge in [0.05, 0.1) is 6.61 Å². The number of amides is 1. The highest BCUT2D eigenvalue weighted by Crippen LogP contribution is 2.43. The van der Waals surface area contributed by atoms with Crippen molar-refractivity contribution < 1.29 is 13.9 Å². The third-order valence-electron chi connectivity index (χ3n) is 4.97. The van der Waals surface area contributed by atoms with Crippen molar-refractivity contribution in [1.82, 2.24) is 10.6 Å². The zero-order valence-corrected chi connectivity index (χ0v) is 16.7. The minimum absolute atomic E-state index is 0.126. The molecule has 1 aromatic rings. The number of allylic oxidation sites excluding steroid dienone is 3. The second-order valence-corrected chi connectivity index (χ2v) is 6.98. The molecule has 6 nitrogen and oxygen atoms in total. The van der Waals surface area contributed by atoms with E-state index in [4.69, 9.17) is 10.5 Å². The minimum atomic E-state index is -0.359. The topological polar surface area (TPSA) is 88.7 Å². The maximum absolute atomic E-state index is 13.8. The minimum Gasteiger partial charge on any atom is -0.380 e. The van der Waals surface area contributed by atoms with Crippen molar-refractivity contribution in [3.05, 3.63) is 59.4 Å². The summed E-state index contributed by atoms with van der Waals surface area (Å²) in [6, 6.07) is 6.67. The molecule has 7 heteroatoms. The number of carbonyl (C=O) groups excluding carboxylic acids is 1. The molecule has 0 aliphatic heterocycles. The number of halogens is 1. The van der Waals surface area contributed by atoms with Crippen LogP contribution < -0.4 is 16.4 Å². The number of guanidine groups is 1. The normalized spacial score (nSPS) is 22.8. The molecule has 0 atom stereocenters. The molecule has 0 unspecified atom stereocenters. The van der Waals surface area contributed by atoms with E-state index in [1.54, 1.807) is 32.4 Å². The van der Waals surface area contributed by atoms with Gasteiger partial charge in [-0.2, -0.15) is 0 Å². The van der Waals surface area contributed by atoms with Gasteiger partial charge in [-0.25, -0.2) is 4.39 Å². The first-order valence-electron chi connectivity index (χ1n) is 9.28. The van der Waals surface area contributed by atoms with Gasteiger partial charge in [-0.1, -0.05) is 30.4 Å². The highest BCUT2D eigenvalue weighted by Gasteiger charge is 2.46. The Morgan fingerprint density at radius 3 is 2.82 bits per heavy atom. The van der Waals surface area contributed by atoms with Crippen LogP contribution in [0.3, 0.4) is 0 Å². The number of nitrogens with one attached hydrogen (secondary N) is 2. The van der Waals surface area contributed by atoms with Crippen LogP contribution >= 0.6 is 0 Å². The van der Waals surface area contributed by atoms with Gasteiger partial charge >= 0.3 is 0 Å². The molecule has 0 heterocycles. The largest absolute Gasteiger partial charge is 0.380 e. The Morgan fingerprint density at radius 1 is 1.46 bits per heavy atom. The van der Waals surface area contributed by atoms with E-state index in [9.17, 15) is 9.18 Å². The van der Waals surface area contributed by atoms with Gasteiger partial charge in [0, 0.05) is 37.7 Å². The van der Waals surface area contributed by atoms with E-state index in [1.165, 1.54) is 12.1 Å². The van der Waals surface area contributed by atoms with Crippen LogP contribution in [0, 0.1) is 5.82 Å². The first kappa shape index (κ1) is 21.6. The Hall–Kier alpha value is -2.67. The second-order valence-electron chi connectivity index (χ2n) is 6.98. The molecular weight excluding hydrogens is 359 g/mol. The summed E-state index contributed by atoms with van der Waals surface area (Å²) in [5.74, 6) is -0.109. The molecule has 1 saturated carbocycles. The van der Waals surface area contributed by atoms with Crippen LogP contribution in [0.5, 0.6) is 0 Å². The van der Waals surface area contributed by atoms with Crippen LogP contribution in [0.2, 0.25) is 0 Å². The smallest absolute Gasteiger partial charge is 0.249 e. The molecule has 1 fully saturated rings. The van der Waals surface area contributed by atoms with Crippen molar-refractivity contribution >= 4 is 11.9 Å². The van der Waals surface area contributed by atoms with Crippen molar-refractivity contribution in [1.29, 1.82) is 0 Å². The molecule has 4 N–H and O–H groups in total. The fraction of sp³-hybridized carbons (Fsp3) is 0.429. The molecule has 1 aliphatic rings. The number of carbonyl (C=O) groups is 1. The van der Waals surface area contributed by atoms with Gasteiger partial charge in [-0.3, -0.25) is 9.79 Å². The molecule has 2 rings (SSSR count). The molecule has 0 radical (unpaired) electrons. The lowest BCUT2D eigenvalue weighted by Crippen LogP contribution is -2.58. The van der Waals surface area contributed by atoms with E-state index in [0.717, 1.165) is 5.56 Å². The predicted octanol–water partition coefficient (Wildman–Crippen LogP) is 2.03. The van der Waals surface area contributed by atoms with Gasteiger partial charge in [-0.15, -0.1) is 0 Å². The van der Waals surface area contributed by atoms with E-state index in [2.05, 4.69) is 15.6 Å². The van der Waals surface area contributed by atoms with Gasteiger partial charge in [0.2, 0.25) is 5.91 Å². The zero-order valence-electron chi connectivity index (χ0n) is 16.7. The van der Waals surface area contributed by atoms with E-state index < -0.39 is 0 Å². The van der Waals surface area contributed by atoms with Crippen LogP contribution in [-0.4, -0.2) is 45.2 Å². The summed E-state index contributed by atoms with van der Waals surface area (Å²) < 4.78 is 18.9. The Balaban J connectivity index is 2.14. The van der Waals surface area contributed by atoms with Crippen LogP contribution in [0.25, 0.3) is 0 Å². The van der Waals surface area contributed by atoms with Crippen LogP contribution in [0.4, 0.5) is 4.39 Å². The Bertz CT molecular complexity index is 767. The Labute approximate surface area is 165 Å². The quantitative estimate of drug-likeness (QED) is 0.275. The SMILES string of the molecule is C/C=C\C=C(/COC)C(=O)NCC1(c2cccc(F)c2)CC(NC(N)=NC)C1. The molecule has 28 heavy (non-hydrogen) atoms. The summed E-state index contributed by atoms with van der Waals surface area (Å²) in [7, 11) is 3.17. The lowest BCUT2D eigenvalue weighted by Gasteiger charge is -2.48. The van der Waals surface area contributed by atoms with Crippen molar-refractivity contribution in [3.8, 4) is 0 Å². The van der Waals surface area contributed by atoms with E-state index in [-0.39, 0.29) is 29.8 Å². The first-order valence-corrected chi connectivity index (χ1v) is 9.28. The number of benzene rings is 1. The molecule has 0 saturated heterocycles. The van der Waals surface area contributed by atoms with E-state index >= 15 is 0 Å². The number of ether oxygens (including phenoxy) is 1. The molecule has 1 aliphatic carbocycles. The summed E-state index contributed by atoms with van der Waals surface area (Å²) in [6.45, 7) is 2.49. The van der Waals surface area contributed by atoms with Gasteiger partial charge < -0.3 is 21.1 Å². The molecule has 152 valence electrons. The number of hydrogen-bond donors (Lipinski definition) is 3. The highest BCUT2D eigenvalue weighted by molar-refractivity contribution is 5.94. The number of rotatable bonds is 8. The lowest BCUT2D eigenvalue weighted by molar-refractivity contribution is -0.118. The maximum Gasteiger partial charge on any atom is 0.249 e. The summed E-state index contributed by atoms with van der Waals surface area (Å²) >= 11 is 0. The van der Waals surface area contributed by atoms with E-state index in [0.29, 0.717) is 30.9 Å². The molecule has 1 aromatic carbocycles. The van der Waals surface area contributed by atoms with Gasteiger partial charge in [-0.05, 0) is 37.5 Å². The number of hydrogen-bond acceptors (Lipinski definition) is 3. The standard InChI is InChI=1S/C21H29FN4O2/c1-4-5-7-15(13-28-3)19(27)25-14-21(16-8-6-9-17(22)10-16)11-18(12-21)26-20(23)24-2/h4-10,18H,11-14H2,1-3H3,(H,25,27)(H3,23,24,26)/b5-4-,15-7+. The van der Waals surface area contributed by atoms with Gasteiger partial charge in [0.15, 0.2) is 5.96 Å². The third kappa shape index (κ3) is 5.42. The fourth-order valence-corrected chi connectivity index (χ4v) is 3.48. The first-order chi connectivity index (χ1) is 13.4.